The zero-order chi connectivity index (χ0) is 25.3. The lowest BCUT2D eigenvalue weighted by Gasteiger charge is -2.17. The number of benzene rings is 1. The van der Waals surface area contributed by atoms with E-state index in [-0.39, 0.29) is 18.9 Å². The minimum atomic E-state index is -0.883. The van der Waals surface area contributed by atoms with Gasteiger partial charge in [0.05, 0.1) is 18.7 Å². The molecule has 1 aliphatic heterocycles. The second-order valence-electron chi connectivity index (χ2n) is 8.17. The number of hydrazone groups is 1. The first-order chi connectivity index (χ1) is 16.8. The molecule has 1 atom stereocenters. The lowest BCUT2D eigenvalue weighted by atomic mass is 10.1. The number of amides is 1. The molecular formula is C23H25FN6O4S. The van der Waals surface area contributed by atoms with Gasteiger partial charge in [-0.25, -0.2) is 13.8 Å². The van der Waals surface area contributed by atoms with Crippen molar-refractivity contribution in [2.45, 2.75) is 32.4 Å². The summed E-state index contributed by atoms with van der Waals surface area (Å²) in [6, 6.07) is 3.29. The molecule has 3 heterocycles. The molecule has 35 heavy (non-hydrogen) atoms. The molecule has 2 N–H and O–H groups in total. The van der Waals surface area contributed by atoms with Crippen LogP contribution in [0, 0.1) is 18.2 Å². The van der Waals surface area contributed by atoms with Gasteiger partial charge in [0.1, 0.15) is 27.4 Å². The Morgan fingerprint density at radius 2 is 2.11 bits per heavy atom. The van der Waals surface area contributed by atoms with Gasteiger partial charge in [-0.3, -0.25) is 19.6 Å². The standard InChI is InChI=1S/C23H25FN6O4S/c1-13-18-21(32)30(16-7-10-28(2)20(16)31)23(33)29(22(18)35-19(13)27-26-9-8-25)11-6-14-12-15(24)4-5-17(14)34-3/h4-5,8-9,12,16,25,27H,6-7,10-11H2,1-3H3/b25-8?,26-9-/t16-/m0/s1. The van der Waals surface area contributed by atoms with E-state index in [0.29, 0.717) is 45.1 Å². The van der Waals surface area contributed by atoms with E-state index in [1.807, 2.05) is 0 Å². The highest BCUT2D eigenvalue weighted by atomic mass is 32.1. The molecule has 1 aromatic carbocycles. The molecule has 12 heteroatoms. The zero-order valence-electron chi connectivity index (χ0n) is 19.5. The van der Waals surface area contributed by atoms with Crippen molar-refractivity contribution in [2.75, 3.05) is 26.1 Å². The number of nitrogens with one attached hydrogen (secondary N) is 2. The van der Waals surface area contributed by atoms with Crippen molar-refractivity contribution in [1.29, 1.82) is 5.41 Å². The van der Waals surface area contributed by atoms with Crippen molar-refractivity contribution in [3.8, 4) is 5.75 Å². The summed E-state index contributed by atoms with van der Waals surface area (Å²) >= 11 is 1.18. The Kier molecular flexibility index (Phi) is 6.83. The number of methoxy groups -OCH3 is 1. The van der Waals surface area contributed by atoms with Crippen molar-refractivity contribution < 1.29 is 13.9 Å². The van der Waals surface area contributed by atoms with Crippen molar-refractivity contribution in [3.63, 3.8) is 0 Å². The molecule has 0 spiro atoms. The smallest absolute Gasteiger partial charge is 0.332 e. The number of fused-ring (bicyclic) bond motifs is 1. The van der Waals surface area contributed by atoms with Crippen molar-refractivity contribution in [1.82, 2.24) is 14.0 Å². The lowest BCUT2D eigenvalue weighted by Crippen LogP contribution is -2.44. The number of anilines is 1. The van der Waals surface area contributed by atoms with Gasteiger partial charge in [-0.15, -0.1) is 0 Å². The maximum atomic E-state index is 13.9. The highest BCUT2D eigenvalue weighted by Gasteiger charge is 2.34. The number of likely N-dealkylation sites (N-methyl/N-ethyl adjacent to an activating group) is 1. The number of aryl methyl sites for hydroxylation is 3. The molecule has 0 unspecified atom stereocenters. The molecule has 0 radical (unpaired) electrons. The van der Waals surface area contributed by atoms with Gasteiger partial charge in [0.25, 0.3) is 5.56 Å². The monoisotopic (exact) mass is 500 g/mol. The third-order valence-electron chi connectivity index (χ3n) is 6.12. The van der Waals surface area contributed by atoms with E-state index in [9.17, 15) is 18.8 Å². The average Bonchev–Trinajstić information content (AvgIpc) is 3.33. The van der Waals surface area contributed by atoms with Crippen LogP contribution in [0.4, 0.5) is 9.39 Å². The number of rotatable bonds is 8. The van der Waals surface area contributed by atoms with Crippen LogP contribution < -0.4 is 21.4 Å². The van der Waals surface area contributed by atoms with Crippen LogP contribution >= 0.6 is 11.3 Å². The Morgan fingerprint density at radius 1 is 1.34 bits per heavy atom. The van der Waals surface area contributed by atoms with Crippen LogP contribution in [0.2, 0.25) is 0 Å². The maximum absolute atomic E-state index is 13.9. The average molecular weight is 501 g/mol. The third kappa shape index (κ3) is 4.36. The normalized spacial score (nSPS) is 15.9. The van der Waals surface area contributed by atoms with E-state index in [0.717, 1.165) is 10.8 Å². The molecular weight excluding hydrogens is 475 g/mol. The van der Waals surface area contributed by atoms with E-state index in [1.54, 1.807) is 14.0 Å². The second-order valence-corrected chi connectivity index (χ2v) is 9.17. The summed E-state index contributed by atoms with van der Waals surface area (Å²) in [7, 11) is 3.12. The van der Waals surface area contributed by atoms with Gasteiger partial charge in [0.2, 0.25) is 5.91 Å². The molecule has 1 amide bonds. The molecule has 0 aliphatic carbocycles. The minimum absolute atomic E-state index is 0.134. The van der Waals surface area contributed by atoms with E-state index < -0.39 is 23.1 Å². The molecule has 184 valence electrons. The number of ether oxygens (including phenoxy) is 1. The lowest BCUT2D eigenvalue weighted by molar-refractivity contribution is -0.129. The van der Waals surface area contributed by atoms with Crippen LogP contribution in [-0.4, -0.2) is 53.1 Å². The number of hydrogen-bond donors (Lipinski definition) is 2. The number of carbonyl (C=O) groups is 1. The first kappa shape index (κ1) is 24.3. The zero-order valence-corrected chi connectivity index (χ0v) is 20.3. The summed E-state index contributed by atoms with van der Waals surface area (Å²) in [5.41, 5.74) is 2.84. The first-order valence-corrected chi connectivity index (χ1v) is 11.7. The fraction of sp³-hybridized carbons (Fsp3) is 0.348. The number of nitrogens with zero attached hydrogens (tertiary/aromatic N) is 4. The van der Waals surface area contributed by atoms with E-state index in [4.69, 9.17) is 10.1 Å². The summed E-state index contributed by atoms with van der Waals surface area (Å²) in [5, 5.41) is 11.9. The Labute approximate surface area is 203 Å². The fourth-order valence-corrected chi connectivity index (χ4v) is 5.46. The van der Waals surface area contributed by atoms with Crippen LogP contribution in [0.3, 0.4) is 0 Å². The van der Waals surface area contributed by atoms with Gasteiger partial charge in [-0.2, -0.15) is 5.10 Å². The van der Waals surface area contributed by atoms with Gasteiger partial charge in [-0.1, -0.05) is 11.3 Å². The van der Waals surface area contributed by atoms with E-state index in [1.165, 1.54) is 52.3 Å². The maximum Gasteiger partial charge on any atom is 0.332 e. The predicted octanol–water partition coefficient (Wildman–Crippen LogP) is 2.37. The van der Waals surface area contributed by atoms with Crippen LogP contribution in [0.15, 0.2) is 32.9 Å². The van der Waals surface area contributed by atoms with Gasteiger partial charge in [0.15, 0.2) is 0 Å². The molecule has 1 fully saturated rings. The first-order valence-electron chi connectivity index (χ1n) is 10.9. The molecule has 1 aliphatic rings. The van der Waals surface area contributed by atoms with Gasteiger partial charge in [-0.05, 0) is 43.5 Å². The Hall–Kier alpha value is -3.80. The summed E-state index contributed by atoms with van der Waals surface area (Å²) in [5.74, 6) is -0.226. The Morgan fingerprint density at radius 3 is 2.77 bits per heavy atom. The van der Waals surface area contributed by atoms with Gasteiger partial charge in [0, 0.05) is 31.9 Å². The number of likely N-dealkylation sites (tertiary alicyclic amines) is 1. The molecule has 0 saturated carbocycles. The summed E-state index contributed by atoms with van der Waals surface area (Å²) in [6.45, 7) is 2.32. The number of halogens is 1. The third-order valence-corrected chi connectivity index (χ3v) is 7.34. The van der Waals surface area contributed by atoms with Gasteiger partial charge < -0.3 is 15.0 Å². The highest BCUT2D eigenvalue weighted by molar-refractivity contribution is 7.22. The second kappa shape index (κ2) is 9.82. The van der Waals surface area contributed by atoms with Crippen molar-refractivity contribution >= 4 is 44.9 Å². The van der Waals surface area contributed by atoms with Gasteiger partial charge >= 0.3 is 5.69 Å². The topological polar surface area (TPSA) is 122 Å². The molecule has 2 aromatic heterocycles. The Balaban J connectivity index is 1.89. The van der Waals surface area contributed by atoms with E-state index in [2.05, 4.69) is 10.5 Å². The molecule has 1 saturated heterocycles. The Bertz CT molecular complexity index is 1460. The molecule has 0 bridgehead atoms. The summed E-state index contributed by atoms with van der Waals surface area (Å²) in [4.78, 5) is 41.8. The highest BCUT2D eigenvalue weighted by Crippen LogP contribution is 2.33. The minimum Gasteiger partial charge on any atom is -0.496 e. The van der Waals surface area contributed by atoms with Crippen molar-refractivity contribution in [2.24, 2.45) is 5.10 Å². The number of thiophene rings is 1. The number of carbonyl (C=O) groups excluding carboxylic acids is 1. The summed E-state index contributed by atoms with van der Waals surface area (Å²) in [6.07, 6.45) is 2.87. The largest absolute Gasteiger partial charge is 0.496 e. The fourth-order valence-electron chi connectivity index (χ4n) is 4.29. The van der Waals surface area contributed by atoms with Crippen LogP contribution in [-0.2, 0) is 17.8 Å². The van der Waals surface area contributed by atoms with Crippen LogP contribution in [0.1, 0.15) is 23.6 Å². The number of aromatic nitrogens is 2. The quantitative estimate of drug-likeness (QED) is 0.363. The number of hydrogen-bond acceptors (Lipinski definition) is 8. The van der Waals surface area contributed by atoms with E-state index >= 15 is 0 Å². The van der Waals surface area contributed by atoms with Crippen LogP contribution in [0.25, 0.3) is 10.2 Å². The predicted molar refractivity (Wildman–Crippen MR) is 134 cm³/mol. The van der Waals surface area contributed by atoms with Crippen molar-refractivity contribution in [3.05, 3.63) is 56.0 Å². The van der Waals surface area contributed by atoms with Crippen LogP contribution in [0.5, 0.6) is 5.75 Å². The molecule has 4 rings (SSSR count). The molecule has 3 aromatic rings. The molecule has 10 nitrogen and oxygen atoms in total. The SMILES string of the molecule is COc1ccc(F)cc1CCn1c(=O)n([C@H]2CCN(C)C2=O)c(=O)c2c(C)c(N/N=C\C=N)sc21. The summed E-state index contributed by atoms with van der Waals surface area (Å²) < 4.78 is 21.7.